The first-order valence-electron chi connectivity index (χ1n) is 3.22. The lowest BCUT2D eigenvalue weighted by molar-refractivity contribution is 0.309. The molecule has 1 heterocycles. The molecule has 11 heavy (non-hydrogen) atoms. The maximum atomic E-state index is 4.83. The molecule has 0 aliphatic rings. The van der Waals surface area contributed by atoms with Crippen molar-refractivity contribution in [2.45, 2.75) is 0 Å². The number of imidazole rings is 1. The molecule has 3 nitrogen and oxygen atoms in total. The summed E-state index contributed by atoms with van der Waals surface area (Å²) in [6.45, 7) is 3.63. The molecule has 0 fully saturated rings. The molecule has 3 heteroatoms. The van der Waals surface area contributed by atoms with E-state index in [0.717, 1.165) is 5.69 Å². The summed E-state index contributed by atoms with van der Waals surface area (Å²) in [5.74, 6) is 0.625. The Kier molecular flexibility index (Phi) is 2.49. The Morgan fingerprint density at radius 1 is 1.82 bits per heavy atom. The third-order valence-electron chi connectivity index (χ3n) is 1.23. The topological polar surface area (TPSA) is 37.9 Å². The highest BCUT2D eigenvalue weighted by Gasteiger charge is 1.85. The molecule has 0 saturated heterocycles. The molecule has 58 valence electrons. The van der Waals surface area contributed by atoms with Crippen LogP contribution in [0.15, 0.2) is 30.9 Å². The summed E-state index contributed by atoms with van der Waals surface area (Å²) in [5, 5.41) is 0. The van der Waals surface area contributed by atoms with Gasteiger partial charge in [0.2, 0.25) is 0 Å². The molecule has 1 aromatic heterocycles. The highest BCUT2D eigenvalue weighted by atomic mass is 16.5. The predicted octanol–water partition coefficient (Wildman–Crippen LogP) is 1.58. The van der Waals surface area contributed by atoms with Crippen molar-refractivity contribution in [2.75, 3.05) is 7.11 Å². The van der Waals surface area contributed by atoms with Gasteiger partial charge in [0, 0.05) is 0 Å². The number of rotatable bonds is 3. The summed E-state index contributed by atoms with van der Waals surface area (Å²) in [5.41, 5.74) is 0.934. The van der Waals surface area contributed by atoms with Crippen molar-refractivity contribution >= 4 is 6.08 Å². The molecule has 0 aliphatic heterocycles. The van der Waals surface area contributed by atoms with Crippen LogP contribution in [0.4, 0.5) is 0 Å². The molecule has 1 rings (SSSR count). The first kappa shape index (κ1) is 7.60. The van der Waals surface area contributed by atoms with Gasteiger partial charge in [-0.15, -0.1) is 0 Å². The van der Waals surface area contributed by atoms with Crippen LogP contribution in [-0.4, -0.2) is 17.1 Å². The fourth-order valence-corrected chi connectivity index (χ4v) is 0.609. The van der Waals surface area contributed by atoms with Crippen LogP contribution in [0.5, 0.6) is 0 Å². The van der Waals surface area contributed by atoms with Gasteiger partial charge in [-0.3, -0.25) is 0 Å². The summed E-state index contributed by atoms with van der Waals surface area (Å²) in [6.07, 6.45) is 6.96. The van der Waals surface area contributed by atoms with Gasteiger partial charge in [-0.1, -0.05) is 6.58 Å². The lowest BCUT2D eigenvalue weighted by Crippen LogP contribution is -1.76. The highest BCUT2D eigenvalue weighted by molar-refractivity contribution is 5.46. The molecule has 0 amide bonds. The van der Waals surface area contributed by atoms with Crippen LogP contribution in [0.1, 0.15) is 5.69 Å². The van der Waals surface area contributed by atoms with Crippen LogP contribution < -0.4 is 0 Å². The monoisotopic (exact) mass is 150 g/mol. The molecule has 0 aliphatic carbocycles. The summed E-state index contributed by atoms with van der Waals surface area (Å²) >= 11 is 0. The number of allylic oxidation sites excluding steroid dienone is 1. The van der Waals surface area contributed by atoms with Crippen molar-refractivity contribution in [3.63, 3.8) is 0 Å². The number of nitrogens with zero attached hydrogens (tertiary/aromatic N) is 1. The summed E-state index contributed by atoms with van der Waals surface area (Å²) in [7, 11) is 1.58. The third kappa shape index (κ3) is 2.29. The van der Waals surface area contributed by atoms with Gasteiger partial charge in [0.05, 0.1) is 25.3 Å². The Hall–Kier alpha value is -1.51. The molecule has 0 spiro atoms. The normalized spacial score (nSPS) is 10.3. The zero-order valence-corrected chi connectivity index (χ0v) is 6.37. The number of aromatic nitrogens is 2. The number of methoxy groups -OCH3 is 1. The molecular weight excluding hydrogens is 140 g/mol. The van der Waals surface area contributed by atoms with E-state index in [1.807, 2.05) is 6.08 Å². The van der Waals surface area contributed by atoms with Crippen LogP contribution in [0.25, 0.3) is 6.08 Å². The zero-order chi connectivity index (χ0) is 8.10. The second-order valence-electron chi connectivity index (χ2n) is 2.01. The zero-order valence-electron chi connectivity index (χ0n) is 6.37. The average molecular weight is 150 g/mol. The van der Waals surface area contributed by atoms with Gasteiger partial charge in [-0.2, -0.15) is 0 Å². The Morgan fingerprint density at radius 2 is 2.64 bits per heavy atom. The summed E-state index contributed by atoms with van der Waals surface area (Å²) in [6, 6.07) is 0. The first-order chi connectivity index (χ1) is 5.33. The van der Waals surface area contributed by atoms with E-state index >= 15 is 0 Å². The highest BCUT2D eigenvalue weighted by Crippen LogP contribution is 1.99. The largest absolute Gasteiger partial charge is 0.497 e. The van der Waals surface area contributed by atoms with Gasteiger partial charge in [-0.25, -0.2) is 4.98 Å². The van der Waals surface area contributed by atoms with Gasteiger partial charge < -0.3 is 9.72 Å². The molecule has 0 radical (unpaired) electrons. The lowest BCUT2D eigenvalue weighted by atomic mass is 10.4. The van der Waals surface area contributed by atoms with E-state index in [-0.39, 0.29) is 0 Å². The van der Waals surface area contributed by atoms with Crippen LogP contribution in [-0.2, 0) is 4.74 Å². The molecular formula is C8H10N2O. The van der Waals surface area contributed by atoms with Crippen molar-refractivity contribution < 1.29 is 4.74 Å². The third-order valence-corrected chi connectivity index (χ3v) is 1.23. The van der Waals surface area contributed by atoms with Gasteiger partial charge in [0.25, 0.3) is 0 Å². The number of hydrogen-bond acceptors (Lipinski definition) is 2. The van der Waals surface area contributed by atoms with Gasteiger partial charge >= 0.3 is 0 Å². The molecule has 0 aromatic carbocycles. The molecule has 1 aromatic rings. The maximum absolute atomic E-state index is 4.83. The first-order valence-corrected chi connectivity index (χ1v) is 3.22. The smallest absolute Gasteiger partial charge is 0.111 e. The van der Waals surface area contributed by atoms with E-state index in [2.05, 4.69) is 16.5 Å². The second kappa shape index (κ2) is 3.61. The predicted molar refractivity (Wildman–Crippen MR) is 43.8 cm³/mol. The Bertz CT molecular complexity index is 249. The van der Waals surface area contributed by atoms with Crippen molar-refractivity contribution in [3.8, 4) is 0 Å². The van der Waals surface area contributed by atoms with E-state index in [1.165, 1.54) is 0 Å². The number of H-pyrrole nitrogens is 1. The summed E-state index contributed by atoms with van der Waals surface area (Å²) in [4.78, 5) is 6.77. The fraction of sp³-hybridized carbons (Fsp3) is 0.125. The fourth-order valence-electron chi connectivity index (χ4n) is 0.609. The molecule has 0 saturated carbocycles. The Labute approximate surface area is 65.4 Å². The minimum absolute atomic E-state index is 0.625. The van der Waals surface area contributed by atoms with Crippen LogP contribution in [0.3, 0.4) is 0 Å². The standard InChI is InChI=1S/C8H10N2O/c1-7(11-2)3-4-8-5-9-6-10-8/h3-6H,1H2,2H3,(H,9,10)/b4-3+. The van der Waals surface area contributed by atoms with Crippen molar-refractivity contribution in [1.82, 2.24) is 9.97 Å². The minimum Gasteiger partial charge on any atom is -0.497 e. The van der Waals surface area contributed by atoms with E-state index < -0.39 is 0 Å². The second-order valence-corrected chi connectivity index (χ2v) is 2.01. The van der Waals surface area contributed by atoms with E-state index in [9.17, 15) is 0 Å². The molecule has 0 atom stereocenters. The van der Waals surface area contributed by atoms with E-state index in [4.69, 9.17) is 4.74 Å². The maximum Gasteiger partial charge on any atom is 0.111 e. The Balaban J connectivity index is 2.55. The Morgan fingerprint density at radius 3 is 3.18 bits per heavy atom. The number of hydrogen-bond donors (Lipinski definition) is 1. The molecule has 1 N–H and O–H groups in total. The summed E-state index contributed by atoms with van der Waals surface area (Å²) < 4.78 is 4.83. The van der Waals surface area contributed by atoms with E-state index in [0.29, 0.717) is 5.76 Å². The number of ether oxygens (including phenoxy) is 1. The molecule has 0 unspecified atom stereocenters. The van der Waals surface area contributed by atoms with Crippen LogP contribution in [0.2, 0.25) is 0 Å². The van der Waals surface area contributed by atoms with Crippen molar-refractivity contribution in [3.05, 3.63) is 36.6 Å². The SMILES string of the molecule is C=C(/C=C/c1cnc[nH]1)OC. The van der Waals surface area contributed by atoms with Crippen LogP contribution in [0, 0.1) is 0 Å². The van der Waals surface area contributed by atoms with Gasteiger partial charge in [-0.05, 0) is 12.2 Å². The van der Waals surface area contributed by atoms with Crippen molar-refractivity contribution in [1.29, 1.82) is 0 Å². The number of aromatic amines is 1. The van der Waals surface area contributed by atoms with Crippen LogP contribution >= 0.6 is 0 Å². The van der Waals surface area contributed by atoms with Gasteiger partial charge in [0.1, 0.15) is 5.76 Å². The number of nitrogens with one attached hydrogen (secondary N) is 1. The van der Waals surface area contributed by atoms with Crippen molar-refractivity contribution in [2.24, 2.45) is 0 Å². The quantitative estimate of drug-likeness (QED) is 0.524. The lowest BCUT2D eigenvalue weighted by Gasteiger charge is -1.93. The van der Waals surface area contributed by atoms with Gasteiger partial charge in [0.15, 0.2) is 0 Å². The minimum atomic E-state index is 0.625. The average Bonchev–Trinajstić information content (AvgIpc) is 2.52. The molecule has 0 bridgehead atoms. The van der Waals surface area contributed by atoms with E-state index in [1.54, 1.807) is 25.7 Å².